The molecule has 0 spiro atoms. The summed E-state index contributed by atoms with van der Waals surface area (Å²) in [7, 11) is 1.82. The predicted octanol–water partition coefficient (Wildman–Crippen LogP) is 2.63. The highest BCUT2D eigenvalue weighted by molar-refractivity contribution is 7.11. The summed E-state index contributed by atoms with van der Waals surface area (Å²) in [5.41, 5.74) is 2.53. The summed E-state index contributed by atoms with van der Waals surface area (Å²) in [6.07, 6.45) is 1.12. The van der Waals surface area contributed by atoms with Crippen molar-refractivity contribution in [3.63, 3.8) is 0 Å². The van der Waals surface area contributed by atoms with Crippen LogP contribution in [0.3, 0.4) is 0 Å². The van der Waals surface area contributed by atoms with E-state index >= 15 is 0 Å². The number of rotatable bonds is 8. The van der Waals surface area contributed by atoms with Crippen molar-refractivity contribution in [2.75, 3.05) is 46.3 Å². The third kappa shape index (κ3) is 7.10. The van der Waals surface area contributed by atoms with Crippen molar-refractivity contribution < 1.29 is 0 Å². The number of aromatic nitrogens is 1. The molecule has 2 aromatic rings. The van der Waals surface area contributed by atoms with Gasteiger partial charge >= 0.3 is 0 Å². The maximum atomic E-state index is 4.57. The first-order chi connectivity index (χ1) is 14.1. The number of thiazole rings is 1. The van der Waals surface area contributed by atoms with Gasteiger partial charge in [0.2, 0.25) is 0 Å². The number of piperazine rings is 1. The molecule has 1 aliphatic heterocycles. The van der Waals surface area contributed by atoms with Crippen molar-refractivity contribution >= 4 is 17.3 Å². The fourth-order valence-electron chi connectivity index (χ4n) is 3.52. The van der Waals surface area contributed by atoms with Gasteiger partial charge in [-0.05, 0) is 32.4 Å². The minimum Gasteiger partial charge on any atom is -0.356 e. The van der Waals surface area contributed by atoms with Crippen LogP contribution in [0.4, 0.5) is 0 Å². The second-order valence-corrected chi connectivity index (χ2v) is 8.85. The van der Waals surface area contributed by atoms with Crippen LogP contribution in [0.5, 0.6) is 0 Å². The van der Waals surface area contributed by atoms with Crippen LogP contribution in [0.2, 0.25) is 0 Å². The Labute approximate surface area is 179 Å². The van der Waals surface area contributed by atoms with Crippen LogP contribution >= 0.6 is 11.3 Å². The van der Waals surface area contributed by atoms with Gasteiger partial charge in [0.1, 0.15) is 5.01 Å². The molecule has 0 aliphatic carbocycles. The van der Waals surface area contributed by atoms with Gasteiger partial charge in [0.05, 0.1) is 12.2 Å². The number of aliphatic imine (C=N–C) groups is 1. The number of nitrogens with one attached hydrogen (secondary N) is 2. The van der Waals surface area contributed by atoms with E-state index in [0.29, 0.717) is 0 Å². The molecule has 0 radical (unpaired) electrons. The van der Waals surface area contributed by atoms with Crippen LogP contribution in [-0.2, 0) is 13.1 Å². The number of hydrogen-bond acceptors (Lipinski definition) is 5. The van der Waals surface area contributed by atoms with Gasteiger partial charge < -0.3 is 15.5 Å². The highest BCUT2D eigenvalue weighted by Gasteiger charge is 2.16. The standard InChI is InChI=1S/C22H34N6S/c1-18-19(2)29-21(26-18)16-25-22(23-3)24-10-7-11-27-12-14-28(15-13-27)17-20-8-5-4-6-9-20/h4-6,8-9H,7,10-17H2,1-3H3,(H2,23,24,25). The summed E-state index contributed by atoms with van der Waals surface area (Å²) >= 11 is 1.75. The third-order valence-corrected chi connectivity index (χ3v) is 6.43. The monoisotopic (exact) mass is 414 g/mol. The lowest BCUT2D eigenvalue weighted by Gasteiger charge is -2.34. The minimum atomic E-state index is 0.725. The molecule has 0 unspecified atom stereocenters. The molecule has 3 rings (SSSR count). The maximum Gasteiger partial charge on any atom is 0.191 e. The Hall–Kier alpha value is -1.96. The van der Waals surface area contributed by atoms with Gasteiger partial charge in [-0.3, -0.25) is 9.89 Å². The Balaban J connectivity index is 1.28. The third-order valence-electron chi connectivity index (χ3n) is 5.36. The number of aryl methyl sites for hydroxylation is 2. The fraction of sp³-hybridized carbons (Fsp3) is 0.545. The zero-order chi connectivity index (χ0) is 20.5. The summed E-state index contributed by atoms with van der Waals surface area (Å²) in [5.74, 6) is 0.850. The Morgan fingerprint density at radius 3 is 2.45 bits per heavy atom. The molecule has 1 aliphatic rings. The van der Waals surface area contributed by atoms with Crippen molar-refractivity contribution in [3.8, 4) is 0 Å². The second kappa shape index (κ2) is 11.3. The SMILES string of the molecule is CN=C(NCCCN1CCN(Cc2ccccc2)CC1)NCc1nc(C)c(C)s1. The van der Waals surface area contributed by atoms with Crippen molar-refractivity contribution in [2.24, 2.45) is 4.99 Å². The van der Waals surface area contributed by atoms with Crippen LogP contribution in [0.1, 0.15) is 27.6 Å². The molecule has 0 bridgehead atoms. The molecule has 2 N–H and O–H groups in total. The van der Waals surface area contributed by atoms with Crippen LogP contribution in [0.25, 0.3) is 0 Å². The highest BCUT2D eigenvalue weighted by atomic mass is 32.1. The second-order valence-electron chi connectivity index (χ2n) is 7.56. The molecule has 0 atom stereocenters. The number of nitrogens with zero attached hydrogens (tertiary/aromatic N) is 4. The highest BCUT2D eigenvalue weighted by Crippen LogP contribution is 2.15. The summed E-state index contributed by atoms with van der Waals surface area (Å²) in [6, 6.07) is 10.8. The molecule has 6 nitrogen and oxygen atoms in total. The Morgan fingerprint density at radius 2 is 1.79 bits per heavy atom. The zero-order valence-electron chi connectivity index (χ0n) is 17.9. The molecular formula is C22H34N6S. The lowest BCUT2D eigenvalue weighted by Crippen LogP contribution is -2.46. The minimum absolute atomic E-state index is 0.725. The molecule has 1 aromatic heterocycles. The normalized spacial score (nSPS) is 16.2. The lowest BCUT2D eigenvalue weighted by molar-refractivity contribution is 0.126. The van der Waals surface area contributed by atoms with Crippen molar-refractivity contribution in [1.82, 2.24) is 25.4 Å². The van der Waals surface area contributed by atoms with E-state index in [-0.39, 0.29) is 0 Å². The summed E-state index contributed by atoms with van der Waals surface area (Å²) in [4.78, 5) is 15.3. The van der Waals surface area contributed by atoms with Crippen LogP contribution in [0, 0.1) is 13.8 Å². The van der Waals surface area contributed by atoms with E-state index in [0.717, 1.165) is 75.4 Å². The van der Waals surface area contributed by atoms with E-state index in [2.05, 4.69) is 74.6 Å². The molecule has 7 heteroatoms. The molecule has 2 heterocycles. The summed E-state index contributed by atoms with van der Waals surface area (Å²) in [5, 5.41) is 7.89. The van der Waals surface area contributed by atoms with E-state index < -0.39 is 0 Å². The number of benzene rings is 1. The summed E-state index contributed by atoms with van der Waals surface area (Å²) < 4.78 is 0. The van der Waals surface area contributed by atoms with Crippen LogP contribution in [-0.4, -0.2) is 67.1 Å². The topological polar surface area (TPSA) is 55.8 Å². The van der Waals surface area contributed by atoms with E-state index in [1.807, 2.05) is 7.05 Å². The van der Waals surface area contributed by atoms with Gasteiger partial charge in [-0.1, -0.05) is 30.3 Å². The van der Waals surface area contributed by atoms with Gasteiger partial charge in [0.25, 0.3) is 0 Å². The first-order valence-electron chi connectivity index (χ1n) is 10.5. The molecule has 0 saturated carbocycles. The van der Waals surface area contributed by atoms with E-state index in [1.165, 1.54) is 10.4 Å². The van der Waals surface area contributed by atoms with Crippen molar-refractivity contribution in [1.29, 1.82) is 0 Å². The van der Waals surface area contributed by atoms with E-state index in [4.69, 9.17) is 0 Å². The molecule has 1 saturated heterocycles. The predicted molar refractivity (Wildman–Crippen MR) is 123 cm³/mol. The van der Waals surface area contributed by atoms with Gasteiger partial charge in [-0.25, -0.2) is 4.98 Å². The summed E-state index contributed by atoms with van der Waals surface area (Å²) in [6.45, 7) is 12.6. The average molecular weight is 415 g/mol. The Kier molecular flexibility index (Phi) is 8.46. The Morgan fingerprint density at radius 1 is 1.07 bits per heavy atom. The van der Waals surface area contributed by atoms with Crippen molar-refractivity contribution in [2.45, 2.75) is 33.4 Å². The largest absolute Gasteiger partial charge is 0.356 e. The molecule has 29 heavy (non-hydrogen) atoms. The van der Waals surface area contributed by atoms with E-state index in [9.17, 15) is 0 Å². The zero-order valence-corrected chi connectivity index (χ0v) is 18.8. The fourth-order valence-corrected chi connectivity index (χ4v) is 4.39. The van der Waals surface area contributed by atoms with Gasteiger partial charge in [-0.2, -0.15) is 0 Å². The number of hydrogen-bond donors (Lipinski definition) is 2. The first-order valence-corrected chi connectivity index (χ1v) is 11.3. The van der Waals surface area contributed by atoms with E-state index in [1.54, 1.807) is 11.3 Å². The lowest BCUT2D eigenvalue weighted by atomic mass is 10.2. The average Bonchev–Trinajstić information content (AvgIpc) is 3.07. The maximum absolute atomic E-state index is 4.57. The molecule has 158 valence electrons. The van der Waals surface area contributed by atoms with Gasteiger partial charge in [0.15, 0.2) is 5.96 Å². The van der Waals surface area contributed by atoms with Crippen LogP contribution < -0.4 is 10.6 Å². The van der Waals surface area contributed by atoms with Gasteiger partial charge in [-0.15, -0.1) is 11.3 Å². The quantitative estimate of drug-likeness (QED) is 0.395. The molecule has 0 amide bonds. The Bertz CT molecular complexity index is 745. The van der Waals surface area contributed by atoms with Gasteiger partial charge in [0, 0.05) is 51.2 Å². The molecular weight excluding hydrogens is 380 g/mol. The molecule has 1 aromatic carbocycles. The number of guanidine groups is 1. The first kappa shape index (κ1) is 21.7. The van der Waals surface area contributed by atoms with Crippen LogP contribution in [0.15, 0.2) is 35.3 Å². The van der Waals surface area contributed by atoms with Crippen molar-refractivity contribution in [3.05, 3.63) is 51.5 Å². The molecule has 1 fully saturated rings. The smallest absolute Gasteiger partial charge is 0.191 e.